The van der Waals surface area contributed by atoms with E-state index in [1.807, 2.05) is 6.07 Å². The molecule has 1 N–H and O–H groups in total. The van der Waals surface area contributed by atoms with E-state index in [0.29, 0.717) is 18.5 Å². The molecule has 19 heavy (non-hydrogen) atoms. The average Bonchev–Trinajstić information content (AvgIpc) is 2.87. The normalized spacial score (nSPS) is 20.4. The van der Waals surface area contributed by atoms with Crippen molar-refractivity contribution in [3.63, 3.8) is 0 Å². The first-order valence-electron chi connectivity index (χ1n) is 5.83. The predicted octanol–water partition coefficient (Wildman–Crippen LogP) is 1.36. The van der Waals surface area contributed by atoms with Gasteiger partial charge in [-0.1, -0.05) is 11.6 Å². The van der Waals surface area contributed by atoms with E-state index in [1.165, 1.54) is 22.5 Å². The van der Waals surface area contributed by atoms with Crippen molar-refractivity contribution in [2.24, 2.45) is 0 Å². The molecule has 0 aliphatic carbocycles. The molecule has 0 amide bonds. The lowest BCUT2D eigenvalue weighted by Crippen LogP contribution is -2.37. The predicted molar refractivity (Wildman–Crippen MR) is 70.2 cm³/mol. The summed E-state index contributed by atoms with van der Waals surface area (Å²) in [6.07, 6.45) is 1.36. The van der Waals surface area contributed by atoms with E-state index in [9.17, 15) is 13.5 Å². The summed E-state index contributed by atoms with van der Waals surface area (Å²) in [6.45, 7) is 0.178. The maximum absolute atomic E-state index is 12.5. The summed E-state index contributed by atoms with van der Waals surface area (Å²) in [4.78, 5) is -0.0199. The fourth-order valence-corrected chi connectivity index (χ4v) is 4.42. The molecule has 2 rings (SSSR count). The van der Waals surface area contributed by atoms with Gasteiger partial charge in [-0.2, -0.15) is 9.57 Å². The fraction of sp³-hybridized carbons (Fsp3) is 0.417. The van der Waals surface area contributed by atoms with E-state index >= 15 is 0 Å². The first-order chi connectivity index (χ1) is 9.00. The molecule has 1 saturated heterocycles. The second-order valence-corrected chi connectivity index (χ2v) is 6.62. The van der Waals surface area contributed by atoms with Crippen LogP contribution in [0.15, 0.2) is 23.1 Å². The molecule has 1 heterocycles. The van der Waals surface area contributed by atoms with E-state index < -0.39 is 16.1 Å². The van der Waals surface area contributed by atoms with E-state index in [0.717, 1.165) is 6.42 Å². The van der Waals surface area contributed by atoms with E-state index in [1.54, 1.807) is 0 Å². The van der Waals surface area contributed by atoms with Crippen molar-refractivity contribution in [1.82, 2.24) is 4.31 Å². The summed E-state index contributed by atoms with van der Waals surface area (Å²) >= 11 is 5.94. The van der Waals surface area contributed by atoms with Gasteiger partial charge in [0.15, 0.2) is 0 Å². The summed E-state index contributed by atoms with van der Waals surface area (Å²) in [5.41, 5.74) is 0.309. The lowest BCUT2D eigenvalue weighted by molar-refractivity contribution is 0.213. The molecule has 5 nitrogen and oxygen atoms in total. The molecule has 1 atom stereocenters. The van der Waals surface area contributed by atoms with Gasteiger partial charge in [-0.15, -0.1) is 0 Å². The molecule has 102 valence electrons. The summed E-state index contributed by atoms with van der Waals surface area (Å²) in [6, 6.07) is 5.60. The maximum atomic E-state index is 12.5. The molecule has 1 aliphatic rings. The van der Waals surface area contributed by atoms with Crippen molar-refractivity contribution >= 4 is 21.6 Å². The van der Waals surface area contributed by atoms with Crippen LogP contribution in [0.25, 0.3) is 0 Å². The number of hydrogen-bond acceptors (Lipinski definition) is 4. The monoisotopic (exact) mass is 300 g/mol. The number of halogens is 1. The quantitative estimate of drug-likeness (QED) is 0.914. The molecule has 1 aliphatic heterocycles. The summed E-state index contributed by atoms with van der Waals surface area (Å²) in [5, 5.41) is 18.0. The number of hydrogen-bond donors (Lipinski definition) is 1. The molecule has 0 saturated carbocycles. The number of aliphatic hydroxyl groups excluding tert-OH is 1. The van der Waals surface area contributed by atoms with Gasteiger partial charge in [-0.25, -0.2) is 8.42 Å². The molecular weight excluding hydrogens is 288 g/mol. The van der Waals surface area contributed by atoms with Gasteiger partial charge >= 0.3 is 0 Å². The second-order valence-electron chi connectivity index (χ2n) is 4.35. The van der Waals surface area contributed by atoms with Crippen LogP contribution in [0.1, 0.15) is 18.4 Å². The third-order valence-corrected chi connectivity index (χ3v) is 5.62. The van der Waals surface area contributed by atoms with Gasteiger partial charge < -0.3 is 5.11 Å². The number of aliphatic hydroxyl groups is 1. The lowest BCUT2D eigenvalue weighted by atomic mass is 10.2. The van der Waals surface area contributed by atoms with Crippen LogP contribution in [0.3, 0.4) is 0 Å². The van der Waals surface area contributed by atoms with Gasteiger partial charge in [-0.3, -0.25) is 0 Å². The lowest BCUT2D eigenvalue weighted by Gasteiger charge is -2.22. The van der Waals surface area contributed by atoms with Gasteiger partial charge in [0.05, 0.1) is 23.3 Å². The van der Waals surface area contributed by atoms with Crippen molar-refractivity contribution in [2.75, 3.05) is 13.2 Å². The van der Waals surface area contributed by atoms with Gasteiger partial charge in [0.1, 0.15) is 4.90 Å². The van der Waals surface area contributed by atoms with Crippen LogP contribution in [0, 0.1) is 11.3 Å². The number of nitrogens with zero attached hydrogens (tertiary/aromatic N) is 2. The van der Waals surface area contributed by atoms with Gasteiger partial charge in [-0.05, 0) is 31.0 Å². The van der Waals surface area contributed by atoms with Crippen molar-refractivity contribution in [3.8, 4) is 6.07 Å². The second kappa shape index (κ2) is 5.47. The Balaban J connectivity index is 2.43. The van der Waals surface area contributed by atoms with Crippen LogP contribution >= 0.6 is 11.6 Å². The number of rotatable bonds is 3. The Hall–Kier alpha value is -1.13. The number of benzene rings is 1. The Morgan fingerprint density at radius 1 is 1.53 bits per heavy atom. The number of nitriles is 1. The van der Waals surface area contributed by atoms with Crippen LogP contribution in [-0.2, 0) is 10.0 Å². The minimum Gasteiger partial charge on any atom is -0.395 e. The van der Waals surface area contributed by atoms with Crippen LogP contribution in [0.4, 0.5) is 0 Å². The third kappa shape index (κ3) is 2.60. The zero-order valence-corrected chi connectivity index (χ0v) is 11.7. The van der Waals surface area contributed by atoms with Gasteiger partial charge in [0.25, 0.3) is 0 Å². The molecule has 1 aromatic carbocycles. The van der Waals surface area contributed by atoms with Crippen LogP contribution in [0.5, 0.6) is 0 Å². The van der Waals surface area contributed by atoms with Crippen molar-refractivity contribution < 1.29 is 13.5 Å². The zero-order chi connectivity index (χ0) is 14.0. The van der Waals surface area contributed by atoms with E-state index in [4.69, 9.17) is 16.9 Å². The van der Waals surface area contributed by atoms with Gasteiger partial charge in [0.2, 0.25) is 10.0 Å². The average molecular weight is 301 g/mol. The smallest absolute Gasteiger partial charge is 0.244 e. The highest BCUT2D eigenvalue weighted by atomic mass is 35.5. The Labute approximate surface area is 117 Å². The van der Waals surface area contributed by atoms with E-state index in [-0.39, 0.29) is 16.5 Å². The molecule has 0 spiro atoms. The number of sulfonamides is 1. The first-order valence-corrected chi connectivity index (χ1v) is 7.65. The minimum absolute atomic E-state index is 0.0199. The standard InChI is InChI=1S/C12H13ClN2O3S/c13-11-6-9(7-14)3-4-12(11)19(17,18)15-5-1-2-10(15)8-16/h3-4,6,10,16H,1-2,5,8H2/t10-/m1/s1. The largest absolute Gasteiger partial charge is 0.395 e. The molecule has 0 unspecified atom stereocenters. The van der Waals surface area contributed by atoms with E-state index in [2.05, 4.69) is 0 Å². The maximum Gasteiger partial charge on any atom is 0.244 e. The van der Waals surface area contributed by atoms with Crippen LogP contribution in [0.2, 0.25) is 5.02 Å². The first kappa shape index (κ1) is 14.3. The SMILES string of the molecule is N#Cc1ccc(S(=O)(=O)N2CCC[C@@H]2CO)c(Cl)c1. The Bertz CT molecular complexity index is 624. The van der Waals surface area contributed by atoms with Crippen LogP contribution < -0.4 is 0 Å². The summed E-state index contributed by atoms with van der Waals surface area (Å²) in [7, 11) is -3.72. The topological polar surface area (TPSA) is 81.4 Å². The van der Waals surface area contributed by atoms with Gasteiger partial charge in [0, 0.05) is 12.6 Å². The molecule has 7 heteroatoms. The molecule has 0 radical (unpaired) electrons. The Morgan fingerprint density at radius 2 is 2.26 bits per heavy atom. The highest BCUT2D eigenvalue weighted by molar-refractivity contribution is 7.89. The molecule has 0 bridgehead atoms. The van der Waals surface area contributed by atoms with Crippen molar-refractivity contribution in [3.05, 3.63) is 28.8 Å². The summed E-state index contributed by atoms with van der Waals surface area (Å²) < 4.78 is 26.2. The molecular formula is C12H13ClN2O3S. The summed E-state index contributed by atoms with van der Waals surface area (Å²) in [5.74, 6) is 0. The Morgan fingerprint density at radius 3 is 2.84 bits per heavy atom. The highest BCUT2D eigenvalue weighted by Crippen LogP contribution is 2.30. The van der Waals surface area contributed by atoms with Crippen molar-refractivity contribution in [1.29, 1.82) is 5.26 Å². The minimum atomic E-state index is -3.72. The van der Waals surface area contributed by atoms with Crippen molar-refractivity contribution in [2.45, 2.75) is 23.8 Å². The molecule has 0 aromatic heterocycles. The third-order valence-electron chi connectivity index (χ3n) is 3.18. The molecule has 1 aromatic rings. The fourth-order valence-electron chi connectivity index (χ4n) is 2.21. The highest BCUT2D eigenvalue weighted by Gasteiger charge is 2.35. The van der Waals surface area contributed by atoms with Crippen LogP contribution in [-0.4, -0.2) is 37.0 Å². The molecule has 1 fully saturated rings. The Kier molecular flexibility index (Phi) is 4.11. The zero-order valence-electron chi connectivity index (χ0n) is 10.1.